The monoisotopic (exact) mass is 243 g/mol. The van der Waals surface area contributed by atoms with Gasteiger partial charge < -0.3 is 14.3 Å². The van der Waals surface area contributed by atoms with Crippen molar-refractivity contribution in [3.63, 3.8) is 0 Å². The van der Waals surface area contributed by atoms with Crippen LogP contribution in [0.1, 0.15) is 12.0 Å². The fraction of sp³-hybridized carbons (Fsp3) is 0.455. The van der Waals surface area contributed by atoms with Crippen LogP contribution in [0.5, 0.6) is 11.5 Å². The normalized spacial score (nSPS) is 14.6. The van der Waals surface area contributed by atoms with Crippen molar-refractivity contribution in [1.82, 2.24) is 0 Å². The number of benzene rings is 1. The summed E-state index contributed by atoms with van der Waals surface area (Å²) in [6, 6.07) is 3.68. The maximum Gasteiger partial charge on any atom is 0.162 e. The third-order valence-electron chi connectivity index (χ3n) is 2.41. The molecule has 0 unspecified atom stereocenters. The largest absolute Gasteiger partial charge is 0.490 e. The van der Waals surface area contributed by atoms with E-state index in [4.69, 9.17) is 27.0 Å². The Morgan fingerprint density at radius 3 is 2.62 bits per heavy atom. The predicted molar refractivity (Wildman–Crippen MR) is 60.9 cm³/mol. The second-order valence-electron chi connectivity index (χ2n) is 3.56. The summed E-state index contributed by atoms with van der Waals surface area (Å²) in [5.74, 6) is 6.44. The highest BCUT2D eigenvalue weighted by atomic mass is 35.5. The molecule has 5 heteroatoms. The highest BCUT2D eigenvalue weighted by molar-refractivity contribution is 6.31. The first-order chi connectivity index (χ1) is 7.81. The molecule has 4 nitrogen and oxygen atoms in total. The Morgan fingerprint density at radius 2 is 1.94 bits per heavy atom. The number of hydrogen-bond donors (Lipinski definition) is 1. The first-order valence-corrected chi connectivity index (χ1v) is 5.59. The topological polar surface area (TPSA) is 53.7 Å². The number of halogens is 1. The smallest absolute Gasteiger partial charge is 0.162 e. The summed E-state index contributed by atoms with van der Waals surface area (Å²) >= 11 is 6.12. The minimum absolute atomic E-state index is 0.430. The number of nitrogens with two attached hydrogens (primary N) is 1. The summed E-state index contributed by atoms with van der Waals surface area (Å²) in [4.78, 5) is 4.54. The lowest BCUT2D eigenvalue weighted by Crippen LogP contribution is -2.04. The number of rotatable bonds is 3. The van der Waals surface area contributed by atoms with Gasteiger partial charge in [-0.15, -0.1) is 0 Å². The molecular formula is C11H14ClNO3. The van der Waals surface area contributed by atoms with Crippen LogP contribution in [0.25, 0.3) is 0 Å². The van der Waals surface area contributed by atoms with E-state index >= 15 is 0 Å². The average molecular weight is 244 g/mol. The SMILES string of the molecule is NOCCc1cc2c(cc1Cl)OCCCO2. The zero-order valence-electron chi connectivity index (χ0n) is 8.87. The Balaban J connectivity index is 2.24. The first-order valence-electron chi connectivity index (χ1n) is 5.21. The fourth-order valence-corrected chi connectivity index (χ4v) is 1.83. The molecule has 1 aromatic rings. The van der Waals surface area contributed by atoms with Crippen LogP contribution in [0.15, 0.2) is 12.1 Å². The van der Waals surface area contributed by atoms with Crippen molar-refractivity contribution in [3.05, 3.63) is 22.7 Å². The molecular weight excluding hydrogens is 230 g/mol. The summed E-state index contributed by atoms with van der Waals surface area (Å²) < 4.78 is 11.1. The van der Waals surface area contributed by atoms with Gasteiger partial charge in [0.1, 0.15) is 0 Å². The molecule has 0 saturated heterocycles. The summed E-state index contributed by atoms with van der Waals surface area (Å²) in [6.45, 7) is 1.76. The maximum absolute atomic E-state index is 6.12. The van der Waals surface area contributed by atoms with Crippen LogP contribution >= 0.6 is 11.6 Å². The van der Waals surface area contributed by atoms with Gasteiger partial charge in [0.15, 0.2) is 11.5 Å². The molecule has 2 N–H and O–H groups in total. The minimum atomic E-state index is 0.430. The van der Waals surface area contributed by atoms with E-state index in [1.165, 1.54) is 0 Å². The molecule has 1 aromatic carbocycles. The molecule has 88 valence electrons. The van der Waals surface area contributed by atoms with E-state index < -0.39 is 0 Å². The minimum Gasteiger partial charge on any atom is -0.490 e. The quantitative estimate of drug-likeness (QED) is 0.825. The summed E-state index contributed by atoms with van der Waals surface area (Å²) in [6.07, 6.45) is 1.54. The van der Waals surface area contributed by atoms with Crippen molar-refractivity contribution < 1.29 is 14.3 Å². The average Bonchev–Trinajstić information content (AvgIpc) is 2.50. The van der Waals surface area contributed by atoms with E-state index in [2.05, 4.69) is 4.84 Å². The molecule has 2 rings (SSSR count). The molecule has 0 bridgehead atoms. The highest BCUT2D eigenvalue weighted by Crippen LogP contribution is 2.35. The lowest BCUT2D eigenvalue weighted by atomic mass is 10.1. The van der Waals surface area contributed by atoms with Gasteiger partial charge in [0.25, 0.3) is 0 Å². The van der Waals surface area contributed by atoms with Gasteiger partial charge in [-0.25, -0.2) is 5.90 Å². The van der Waals surface area contributed by atoms with E-state index in [-0.39, 0.29) is 0 Å². The van der Waals surface area contributed by atoms with Crippen molar-refractivity contribution in [2.45, 2.75) is 12.8 Å². The Hall–Kier alpha value is -0.970. The predicted octanol–water partition coefficient (Wildman–Crippen LogP) is 1.93. The van der Waals surface area contributed by atoms with Crippen LogP contribution in [0.4, 0.5) is 0 Å². The molecule has 0 aliphatic carbocycles. The zero-order valence-corrected chi connectivity index (χ0v) is 9.63. The first kappa shape index (κ1) is 11.5. The lowest BCUT2D eigenvalue weighted by molar-refractivity contribution is 0.141. The zero-order chi connectivity index (χ0) is 11.4. The van der Waals surface area contributed by atoms with Gasteiger partial charge in [0, 0.05) is 17.5 Å². The molecule has 0 saturated carbocycles. The van der Waals surface area contributed by atoms with Gasteiger partial charge in [-0.05, 0) is 18.1 Å². The Bertz CT molecular complexity index is 370. The second kappa shape index (κ2) is 5.39. The van der Waals surface area contributed by atoms with Crippen LogP contribution < -0.4 is 15.4 Å². The van der Waals surface area contributed by atoms with Gasteiger partial charge in [0.05, 0.1) is 19.8 Å². The lowest BCUT2D eigenvalue weighted by Gasteiger charge is -2.11. The number of hydrogen-bond acceptors (Lipinski definition) is 4. The van der Waals surface area contributed by atoms with E-state index in [0.717, 1.165) is 17.7 Å². The molecule has 0 atom stereocenters. The summed E-state index contributed by atoms with van der Waals surface area (Å²) in [5, 5.41) is 0.654. The molecule has 0 fully saturated rings. The van der Waals surface area contributed by atoms with Crippen molar-refractivity contribution in [3.8, 4) is 11.5 Å². The third-order valence-corrected chi connectivity index (χ3v) is 2.76. The third kappa shape index (κ3) is 2.58. The van der Waals surface area contributed by atoms with Gasteiger partial charge >= 0.3 is 0 Å². The fourth-order valence-electron chi connectivity index (χ4n) is 1.59. The summed E-state index contributed by atoms with van der Waals surface area (Å²) in [5.41, 5.74) is 0.955. The molecule has 0 spiro atoms. The van der Waals surface area contributed by atoms with E-state index in [0.29, 0.717) is 37.0 Å². The van der Waals surface area contributed by atoms with Gasteiger partial charge in [-0.3, -0.25) is 0 Å². The van der Waals surface area contributed by atoms with Crippen LogP contribution in [0, 0.1) is 0 Å². The maximum atomic E-state index is 6.12. The van der Waals surface area contributed by atoms with Crippen LogP contribution in [0.2, 0.25) is 5.02 Å². The summed E-state index contributed by atoms with van der Waals surface area (Å²) in [7, 11) is 0. The molecule has 1 aliphatic rings. The van der Waals surface area contributed by atoms with Gasteiger partial charge in [0.2, 0.25) is 0 Å². The number of fused-ring (bicyclic) bond motifs is 1. The van der Waals surface area contributed by atoms with Crippen molar-refractivity contribution in [2.75, 3.05) is 19.8 Å². The van der Waals surface area contributed by atoms with Crippen molar-refractivity contribution >= 4 is 11.6 Å². The second-order valence-corrected chi connectivity index (χ2v) is 3.97. The Morgan fingerprint density at radius 1 is 1.25 bits per heavy atom. The van der Waals surface area contributed by atoms with Crippen LogP contribution in [-0.4, -0.2) is 19.8 Å². The van der Waals surface area contributed by atoms with Crippen LogP contribution in [-0.2, 0) is 11.3 Å². The van der Waals surface area contributed by atoms with Crippen molar-refractivity contribution in [2.24, 2.45) is 5.90 Å². The van der Waals surface area contributed by atoms with Crippen molar-refractivity contribution in [1.29, 1.82) is 0 Å². The van der Waals surface area contributed by atoms with Crippen LogP contribution in [0.3, 0.4) is 0 Å². The standard InChI is InChI=1S/C11H14ClNO3/c12-9-7-11-10(14-3-1-4-15-11)6-8(9)2-5-16-13/h6-7H,1-5,13H2. The Kier molecular flexibility index (Phi) is 3.88. The molecule has 0 aromatic heterocycles. The molecule has 16 heavy (non-hydrogen) atoms. The van der Waals surface area contributed by atoms with E-state index in [1.807, 2.05) is 6.07 Å². The number of ether oxygens (including phenoxy) is 2. The van der Waals surface area contributed by atoms with Gasteiger partial charge in [-0.2, -0.15) is 0 Å². The highest BCUT2D eigenvalue weighted by Gasteiger charge is 2.13. The molecule has 0 amide bonds. The van der Waals surface area contributed by atoms with Gasteiger partial charge in [-0.1, -0.05) is 11.6 Å². The Labute approximate surface area is 99.2 Å². The molecule has 1 aliphatic heterocycles. The molecule has 1 heterocycles. The molecule has 0 radical (unpaired) electrons. The van der Waals surface area contributed by atoms with E-state index in [1.54, 1.807) is 6.07 Å². The van der Waals surface area contributed by atoms with E-state index in [9.17, 15) is 0 Å².